The maximum absolute atomic E-state index is 12.1. The largest absolute Gasteiger partial charge is 0.481 e. The Balaban J connectivity index is 2.20. The van der Waals surface area contributed by atoms with E-state index in [1.807, 2.05) is 0 Å². The molecule has 1 aromatic heterocycles. The molecule has 1 saturated heterocycles. The number of aromatic amines is 1. The molecule has 17 heavy (non-hydrogen) atoms. The minimum atomic E-state index is -3.63. The average molecular weight is 259 g/mol. The van der Waals surface area contributed by atoms with E-state index in [2.05, 4.69) is 9.97 Å². The fraction of sp³-hybridized carbons (Fsp3) is 0.556. The minimum absolute atomic E-state index is 0.00328. The second-order valence-corrected chi connectivity index (χ2v) is 5.86. The molecule has 0 unspecified atom stereocenters. The van der Waals surface area contributed by atoms with E-state index in [9.17, 15) is 13.2 Å². The van der Waals surface area contributed by atoms with Crippen LogP contribution in [0.2, 0.25) is 0 Å². The van der Waals surface area contributed by atoms with Gasteiger partial charge in [0.1, 0.15) is 0 Å². The van der Waals surface area contributed by atoms with E-state index in [1.54, 1.807) is 0 Å². The van der Waals surface area contributed by atoms with Gasteiger partial charge in [0, 0.05) is 13.1 Å². The highest BCUT2D eigenvalue weighted by atomic mass is 32.2. The van der Waals surface area contributed by atoms with Crippen LogP contribution in [0.25, 0.3) is 0 Å². The summed E-state index contributed by atoms with van der Waals surface area (Å²) in [7, 11) is -3.63. The number of carbonyl (C=O) groups is 1. The van der Waals surface area contributed by atoms with Gasteiger partial charge in [-0.15, -0.1) is 0 Å². The number of piperidine rings is 1. The van der Waals surface area contributed by atoms with E-state index in [0.29, 0.717) is 19.4 Å². The molecule has 0 amide bonds. The third-order valence-electron chi connectivity index (χ3n) is 2.82. The summed E-state index contributed by atoms with van der Waals surface area (Å²) < 4.78 is 25.4. The van der Waals surface area contributed by atoms with Crippen LogP contribution < -0.4 is 0 Å². The van der Waals surface area contributed by atoms with Crippen molar-refractivity contribution in [1.29, 1.82) is 0 Å². The summed E-state index contributed by atoms with van der Waals surface area (Å²) >= 11 is 0. The van der Waals surface area contributed by atoms with Crippen molar-refractivity contribution in [3.63, 3.8) is 0 Å². The molecule has 1 aliphatic rings. The summed E-state index contributed by atoms with van der Waals surface area (Å²) in [6.45, 7) is 0.377. The van der Waals surface area contributed by atoms with Gasteiger partial charge in [0.2, 0.25) is 0 Å². The van der Waals surface area contributed by atoms with Gasteiger partial charge in [-0.1, -0.05) is 0 Å². The van der Waals surface area contributed by atoms with E-state index in [1.165, 1.54) is 16.8 Å². The van der Waals surface area contributed by atoms with Gasteiger partial charge in [0.25, 0.3) is 10.0 Å². The lowest BCUT2D eigenvalue weighted by Gasteiger charge is -2.29. The lowest BCUT2D eigenvalue weighted by atomic mass is 10.0. The van der Waals surface area contributed by atoms with Gasteiger partial charge in [-0.3, -0.25) is 4.79 Å². The molecule has 0 radical (unpaired) electrons. The molecule has 0 spiro atoms. The van der Waals surface area contributed by atoms with Crippen LogP contribution in [0.1, 0.15) is 12.8 Å². The Bertz CT molecular complexity index is 496. The van der Waals surface area contributed by atoms with Crippen molar-refractivity contribution < 1.29 is 18.3 Å². The lowest BCUT2D eigenvalue weighted by molar-refractivity contribution is -0.142. The Morgan fingerprint density at radius 2 is 2.35 bits per heavy atom. The molecule has 1 aromatic rings. The predicted molar refractivity (Wildman–Crippen MR) is 57.7 cm³/mol. The molecule has 2 rings (SSSR count). The summed E-state index contributed by atoms with van der Waals surface area (Å²) in [5.74, 6) is -1.57. The van der Waals surface area contributed by atoms with Gasteiger partial charge >= 0.3 is 5.97 Å². The second kappa shape index (κ2) is 4.46. The predicted octanol–water partition coefficient (Wildman–Crippen LogP) is -0.105. The smallest absolute Gasteiger partial charge is 0.307 e. The summed E-state index contributed by atoms with van der Waals surface area (Å²) in [5, 5.41) is 8.91. The summed E-state index contributed by atoms with van der Waals surface area (Å²) in [6, 6.07) is 0. The molecule has 0 aliphatic carbocycles. The van der Waals surface area contributed by atoms with Crippen molar-refractivity contribution in [3.05, 3.63) is 12.5 Å². The van der Waals surface area contributed by atoms with Gasteiger partial charge in [-0.25, -0.2) is 13.4 Å². The van der Waals surface area contributed by atoms with Crippen molar-refractivity contribution in [2.45, 2.75) is 17.9 Å². The zero-order valence-corrected chi connectivity index (χ0v) is 9.85. The first-order valence-corrected chi connectivity index (χ1v) is 6.67. The monoisotopic (exact) mass is 259 g/mol. The van der Waals surface area contributed by atoms with E-state index in [4.69, 9.17) is 5.11 Å². The van der Waals surface area contributed by atoms with Gasteiger partial charge in [-0.2, -0.15) is 4.31 Å². The normalized spacial score (nSPS) is 22.5. The number of nitrogens with one attached hydrogen (secondary N) is 1. The number of nitrogens with zero attached hydrogens (tertiary/aromatic N) is 2. The highest BCUT2D eigenvalue weighted by Gasteiger charge is 2.33. The molecule has 2 heterocycles. The Morgan fingerprint density at radius 1 is 1.59 bits per heavy atom. The molecular formula is C9H13N3O4S. The molecule has 0 aromatic carbocycles. The number of hydrogen-bond acceptors (Lipinski definition) is 4. The molecule has 8 heteroatoms. The summed E-state index contributed by atoms with van der Waals surface area (Å²) in [4.78, 5) is 17.1. The number of aliphatic carboxylic acids is 1. The minimum Gasteiger partial charge on any atom is -0.481 e. The van der Waals surface area contributed by atoms with E-state index >= 15 is 0 Å². The third-order valence-corrected chi connectivity index (χ3v) is 4.61. The average Bonchev–Trinajstić information content (AvgIpc) is 2.83. The van der Waals surface area contributed by atoms with Gasteiger partial charge in [0.05, 0.1) is 18.4 Å². The molecule has 0 saturated carbocycles. The van der Waals surface area contributed by atoms with Crippen molar-refractivity contribution in [3.8, 4) is 0 Å². The standard InChI is InChI=1S/C9H13N3O4S/c13-9(14)7-2-1-3-12(5-7)17(15,16)8-4-10-6-11-8/h4,6-7H,1-3,5H2,(H,10,11)(H,13,14)/t7-/m0/s1. The summed E-state index contributed by atoms with van der Waals surface area (Å²) in [5.41, 5.74) is 0. The van der Waals surface area contributed by atoms with Crippen LogP contribution in [0.15, 0.2) is 17.6 Å². The van der Waals surface area contributed by atoms with Crippen LogP contribution in [0.3, 0.4) is 0 Å². The summed E-state index contributed by atoms with van der Waals surface area (Å²) in [6.07, 6.45) is 3.58. The maximum Gasteiger partial charge on any atom is 0.307 e. The molecule has 2 N–H and O–H groups in total. The fourth-order valence-electron chi connectivity index (χ4n) is 1.89. The topological polar surface area (TPSA) is 103 Å². The highest BCUT2D eigenvalue weighted by Crippen LogP contribution is 2.22. The van der Waals surface area contributed by atoms with Crippen molar-refractivity contribution in [2.75, 3.05) is 13.1 Å². The molecule has 1 atom stereocenters. The SMILES string of the molecule is O=C(O)[C@H]1CCCN(S(=O)(=O)c2cnc[nH]2)C1. The first kappa shape index (κ1) is 12.1. The first-order chi connectivity index (χ1) is 8.01. The number of rotatable bonds is 3. The third kappa shape index (κ3) is 2.32. The Labute approximate surface area is 98.5 Å². The number of H-pyrrole nitrogens is 1. The Kier molecular flexibility index (Phi) is 3.16. The molecule has 94 valence electrons. The van der Waals surface area contributed by atoms with Crippen LogP contribution in [-0.2, 0) is 14.8 Å². The van der Waals surface area contributed by atoms with Crippen LogP contribution in [0.4, 0.5) is 0 Å². The van der Waals surface area contributed by atoms with Crippen molar-refractivity contribution in [2.24, 2.45) is 5.92 Å². The van der Waals surface area contributed by atoms with Crippen LogP contribution in [0.5, 0.6) is 0 Å². The molecule has 7 nitrogen and oxygen atoms in total. The van der Waals surface area contributed by atoms with Crippen LogP contribution in [-0.4, -0.2) is 46.9 Å². The molecule has 1 fully saturated rings. The second-order valence-electron chi connectivity index (χ2n) is 3.96. The number of sulfonamides is 1. The van der Waals surface area contributed by atoms with Crippen LogP contribution >= 0.6 is 0 Å². The number of hydrogen-bond donors (Lipinski definition) is 2. The highest BCUT2D eigenvalue weighted by molar-refractivity contribution is 7.89. The number of carboxylic acid groups (broad SMARTS) is 1. The Hall–Kier alpha value is -1.41. The van der Waals surface area contributed by atoms with Gasteiger partial charge in [-0.05, 0) is 12.8 Å². The van der Waals surface area contributed by atoms with E-state index in [0.717, 1.165) is 0 Å². The lowest BCUT2D eigenvalue weighted by Crippen LogP contribution is -2.42. The number of carboxylic acids is 1. The zero-order valence-electron chi connectivity index (χ0n) is 9.04. The van der Waals surface area contributed by atoms with E-state index in [-0.39, 0.29) is 11.6 Å². The quantitative estimate of drug-likeness (QED) is 0.788. The zero-order chi connectivity index (χ0) is 12.5. The van der Waals surface area contributed by atoms with Crippen molar-refractivity contribution >= 4 is 16.0 Å². The fourth-order valence-corrected chi connectivity index (χ4v) is 3.31. The molecule has 0 bridgehead atoms. The molecule has 1 aliphatic heterocycles. The van der Waals surface area contributed by atoms with Crippen molar-refractivity contribution in [1.82, 2.24) is 14.3 Å². The van der Waals surface area contributed by atoms with Crippen LogP contribution in [0, 0.1) is 5.92 Å². The molecular weight excluding hydrogens is 246 g/mol. The maximum atomic E-state index is 12.1. The first-order valence-electron chi connectivity index (χ1n) is 5.23. The number of aromatic nitrogens is 2. The van der Waals surface area contributed by atoms with Gasteiger partial charge in [0.15, 0.2) is 5.03 Å². The van der Waals surface area contributed by atoms with E-state index < -0.39 is 21.9 Å². The number of imidazole rings is 1. The van der Waals surface area contributed by atoms with Gasteiger partial charge < -0.3 is 10.1 Å². The Morgan fingerprint density at radius 3 is 2.94 bits per heavy atom.